The number of carbonyl (C=O) groups is 2. The fourth-order valence-corrected chi connectivity index (χ4v) is 5.38. The van der Waals surface area contributed by atoms with Gasteiger partial charge in [-0.1, -0.05) is 24.3 Å². The minimum atomic E-state index is -4.48. The molecule has 4 aliphatic heterocycles. The second-order valence-electron chi connectivity index (χ2n) is 8.97. The Kier molecular flexibility index (Phi) is 5.98. The highest BCUT2D eigenvalue weighted by Gasteiger charge is 2.46. The van der Waals surface area contributed by atoms with E-state index in [1.807, 2.05) is 0 Å². The highest BCUT2D eigenvalue weighted by atomic mass is 19.4. The van der Waals surface area contributed by atoms with Crippen LogP contribution in [0.1, 0.15) is 55.1 Å². The zero-order valence-corrected chi connectivity index (χ0v) is 18.8. The van der Waals surface area contributed by atoms with Crippen molar-refractivity contribution in [3.8, 4) is 0 Å². The van der Waals surface area contributed by atoms with Gasteiger partial charge in [0.15, 0.2) is 0 Å². The Labute approximate surface area is 202 Å². The molecule has 36 heavy (non-hydrogen) atoms. The lowest BCUT2D eigenvalue weighted by Crippen LogP contribution is -2.44. The van der Waals surface area contributed by atoms with Crippen LogP contribution in [-0.2, 0) is 12.4 Å². The molecule has 2 aromatic rings. The molecule has 2 aromatic carbocycles. The maximum atomic E-state index is 12.9. The number of hydrogen-bond donors (Lipinski definition) is 2. The van der Waals surface area contributed by atoms with Gasteiger partial charge in [-0.25, -0.2) is 0 Å². The van der Waals surface area contributed by atoms with E-state index in [1.54, 1.807) is 12.1 Å². The molecular weight excluding hydrogens is 490 g/mol. The van der Waals surface area contributed by atoms with Crippen LogP contribution in [0.15, 0.2) is 36.4 Å². The lowest BCUT2D eigenvalue weighted by atomic mass is 9.99. The molecule has 0 radical (unpaired) electrons. The Morgan fingerprint density at radius 2 is 1.06 bits per heavy atom. The van der Waals surface area contributed by atoms with Crippen molar-refractivity contribution < 1.29 is 35.9 Å². The van der Waals surface area contributed by atoms with Crippen LogP contribution in [-0.4, -0.2) is 60.9 Å². The number of amides is 2. The zero-order chi connectivity index (χ0) is 25.8. The first kappa shape index (κ1) is 24.6. The van der Waals surface area contributed by atoms with Crippen molar-refractivity contribution >= 4 is 11.8 Å². The first-order chi connectivity index (χ1) is 17.0. The van der Waals surface area contributed by atoms with Gasteiger partial charge in [-0.2, -0.15) is 26.3 Å². The first-order valence-electron chi connectivity index (χ1n) is 11.4. The summed E-state index contributed by atoms with van der Waals surface area (Å²) in [5.74, 6) is -0.992. The molecule has 1 unspecified atom stereocenters. The monoisotopic (exact) mass is 512 g/mol. The van der Waals surface area contributed by atoms with E-state index in [0.29, 0.717) is 50.4 Å². The molecule has 6 rings (SSSR count). The molecule has 2 atom stereocenters. The van der Waals surface area contributed by atoms with Gasteiger partial charge in [0, 0.05) is 39.3 Å². The number of benzene rings is 2. The summed E-state index contributed by atoms with van der Waals surface area (Å²) in [6, 6.07) is 7.39. The number of halogens is 6. The lowest BCUT2D eigenvalue weighted by molar-refractivity contribution is -0.138. The topological polar surface area (TPSA) is 64.7 Å². The Morgan fingerprint density at radius 1 is 0.667 bits per heavy atom. The zero-order valence-electron chi connectivity index (χ0n) is 18.8. The van der Waals surface area contributed by atoms with Crippen LogP contribution in [0.25, 0.3) is 0 Å². The van der Waals surface area contributed by atoms with Gasteiger partial charge in [-0.05, 0) is 23.3 Å². The van der Waals surface area contributed by atoms with E-state index < -0.39 is 35.3 Å². The van der Waals surface area contributed by atoms with E-state index in [0.717, 1.165) is 12.1 Å². The third-order valence-corrected chi connectivity index (χ3v) is 6.96. The summed E-state index contributed by atoms with van der Waals surface area (Å²) in [4.78, 5) is 27.2. The summed E-state index contributed by atoms with van der Waals surface area (Å²) < 4.78 is 77.4. The van der Waals surface area contributed by atoms with Crippen LogP contribution in [0, 0.1) is 0 Å². The molecule has 12 heteroatoms. The van der Waals surface area contributed by atoms with Crippen molar-refractivity contribution in [1.29, 1.82) is 0 Å². The molecule has 0 spiro atoms. The van der Waals surface area contributed by atoms with Gasteiger partial charge in [0.1, 0.15) is 0 Å². The number of piperazine rings is 2. The molecule has 6 nitrogen and oxygen atoms in total. The van der Waals surface area contributed by atoms with E-state index in [2.05, 4.69) is 10.6 Å². The average Bonchev–Trinajstić information content (AvgIpc) is 3.31. The van der Waals surface area contributed by atoms with Crippen LogP contribution < -0.4 is 10.6 Å². The fourth-order valence-electron chi connectivity index (χ4n) is 5.38. The maximum Gasteiger partial charge on any atom is 0.417 e. The molecule has 2 fully saturated rings. The molecule has 4 heterocycles. The van der Waals surface area contributed by atoms with E-state index in [9.17, 15) is 35.9 Å². The van der Waals surface area contributed by atoms with Crippen LogP contribution in [0.2, 0.25) is 0 Å². The predicted octanol–water partition coefficient (Wildman–Crippen LogP) is 3.61. The maximum absolute atomic E-state index is 12.9. The van der Waals surface area contributed by atoms with Crippen molar-refractivity contribution in [2.75, 3.05) is 39.3 Å². The highest BCUT2D eigenvalue weighted by molar-refractivity contribution is 6.01. The van der Waals surface area contributed by atoms with Gasteiger partial charge in [0.2, 0.25) is 0 Å². The number of hydrogen-bond acceptors (Lipinski definition) is 4. The number of nitrogens with one attached hydrogen (secondary N) is 2. The van der Waals surface area contributed by atoms with Gasteiger partial charge in [0.25, 0.3) is 11.8 Å². The molecule has 2 N–H and O–H groups in total. The molecule has 2 amide bonds. The number of carbonyl (C=O) groups excluding carboxylic acids is 2. The van der Waals surface area contributed by atoms with E-state index in [1.165, 1.54) is 21.9 Å². The summed E-state index contributed by atoms with van der Waals surface area (Å²) in [6.07, 6.45) is -8.97. The molecule has 0 bridgehead atoms. The van der Waals surface area contributed by atoms with Gasteiger partial charge in [-0.3, -0.25) is 9.59 Å². The SMILES string of the molecule is O=C1c2c(cccc2C(F)(F)F)C2CNCCN12.O=C1c2c(cccc2C(F)(F)F)[C@@H]2CNCCN12. The smallest absolute Gasteiger partial charge is 0.329 e. The van der Waals surface area contributed by atoms with Crippen molar-refractivity contribution in [3.05, 3.63) is 69.8 Å². The normalized spacial score (nSPS) is 22.9. The highest BCUT2D eigenvalue weighted by Crippen LogP contribution is 2.43. The third kappa shape index (κ3) is 4.01. The second-order valence-corrected chi connectivity index (χ2v) is 8.97. The quantitative estimate of drug-likeness (QED) is 0.530. The molecule has 0 aliphatic carbocycles. The second kappa shape index (κ2) is 8.77. The van der Waals surface area contributed by atoms with E-state index >= 15 is 0 Å². The van der Waals surface area contributed by atoms with Crippen LogP contribution in [0.5, 0.6) is 0 Å². The van der Waals surface area contributed by atoms with Crippen LogP contribution >= 0.6 is 0 Å². The Bertz CT molecular complexity index is 1120. The summed E-state index contributed by atoms with van der Waals surface area (Å²) in [5.41, 5.74) is -1.000. The van der Waals surface area contributed by atoms with Crippen LogP contribution in [0.4, 0.5) is 26.3 Å². The van der Waals surface area contributed by atoms with E-state index in [-0.39, 0.29) is 23.2 Å². The van der Waals surface area contributed by atoms with E-state index in [4.69, 9.17) is 0 Å². The number of alkyl halides is 6. The molecule has 192 valence electrons. The Balaban J connectivity index is 0.000000148. The molecule has 4 aliphatic rings. The summed E-state index contributed by atoms with van der Waals surface area (Å²) in [5, 5.41) is 6.20. The minimum absolute atomic E-state index is 0.168. The summed E-state index contributed by atoms with van der Waals surface area (Å²) >= 11 is 0. The van der Waals surface area contributed by atoms with Gasteiger partial charge in [-0.15, -0.1) is 0 Å². The number of fused-ring (bicyclic) bond motifs is 6. The molecule has 2 saturated heterocycles. The van der Waals surface area contributed by atoms with Crippen LogP contribution in [0.3, 0.4) is 0 Å². The third-order valence-electron chi connectivity index (χ3n) is 6.96. The average molecular weight is 512 g/mol. The van der Waals surface area contributed by atoms with Crippen molar-refractivity contribution in [2.45, 2.75) is 24.4 Å². The van der Waals surface area contributed by atoms with Crippen molar-refractivity contribution in [2.24, 2.45) is 0 Å². The Hall–Kier alpha value is -3.12. The Morgan fingerprint density at radius 3 is 1.42 bits per heavy atom. The number of rotatable bonds is 0. The predicted molar refractivity (Wildman–Crippen MR) is 116 cm³/mol. The van der Waals surface area contributed by atoms with Gasteiger partial charge in [0.05, 0.1) is 34.3 Å². The summed E-state index contributed by atoms with van der Waals surface area (Å²) in [6.45, 7) is 3.18. The molecular formula is C24H22F6N4O2. The van der Waals surface area contributed by atoms with Gasteiger partial charge < -0.3 is 20.4 Å². The standard InChI is InChI=1S/2C12H11F3N2O/c2*13-12(14,15)8-3-1-2-7-9-6-16-4-5-17(9)11(18)10(7)8/h2*1-3,9,16H,4-6H2/t9-;/m0./s1. The fraction of sp³-hybridized carbons (Fsp3) is 0.417. The van der Waals surface area contributed by atoms with Gasteiger partial charge >= 0.3 is 12.4 Å². The largest absolute Gasteiger partial charge is 0.417 e. The van der Waals surface area contributed by atoms with Crippen molar-refractivity contribution in [1.82, 2.24) is 20.4 Å². The molecule has 0 saturated carbocycles. The molecule has 0 aromatic heterocycles. The minimum Gasteiger partial charge on any atom is -0.329 e. The van der Waals surface area contributed by atoms with Crippen molar-refractivity contribution in [3.63, 3.8) is 0 Å². The lowest BCUT2D eigenvalue weighted by Gasteiger charge is -2.30. The first-order valence-corrected chi connectivity index (χ1v) is 11.4. The summed E-state index contributed by atoms with van der Waals surface area (Å²) in [7, 11) is 0. The number of nitrogens with zero attached hydrogens (tertiary/aromatic N) is 2.